The lowest BCUT2D eigenvalue weighted by Gasteiger charge is -2.19. The molecule has 5 heteroatoms. The predicted molar refractivity (Wildman–Crippen MR) is 84.3 cm³/mol. The van der Waals surface area contributed by atoms with Crippen molar-refractivity contribution in [3.63, 3.8) is 0 Å². The molecular formula is C16H18ClN3O. The lowest BCUT2D eigenvalue weighted by atomic mass is 10.1. The maximum Gasteiger partial charge on any atom is 0.220 e. The fourth-order valence-corrected chi connectivity index (χ4v) is 2.19. The molecule has 110 valence electrons. The Labute approximate surface area is 129 Å². The lowest BCUT2D eigenvalue weighted by molar-refractivity contribution is -0.121. The number of carbonyl (C=O) groups excluding carboxylic acids is 1. The Morgan fingerprint density at radius 2 is 2.19 bits per heavy atom. The van der Waals surface area contributed by atoms with Crippen molar-refractivity contribution in [2.75, 3.05) is 6.54 Å². The molecule has 1 heterocycles. The van der Waals surface area contributed by atoms with Crippen molar-refractivity contribution in [1.29, 1.82) is 0 Å². The van der Waals surface area contributed by atoms with Gasteiger partial charge in [-0.3, -0.25) is 4.79 Å². The Hall–Kier alpha value is -2.07. The van der Waals surface area contributed by atoms with Crippen molar-refractivity contribution in [2.24, 2.45) is 0 Å². The number of nitrogens with one attached hydrogen (secondary N) is 1. The molecule has 1 aromatic carbocycles. The number of rotatable bonds is 7. The van der Waals surface area contributed by atoms with Gasteiger partial charge in [0.25, 0.3) is 0 Å². The normalized spacial score (nSPS) is 11.9. The van der Waals surface area contributed by atoms with E-state index in [2.05, 4.69) is 16.9 Å². The number of carbonyl (C=O) groups is 1. The highest BCUT2D eigenvalue weighted by atomic mass is 35.5. The molecule has 0 radical (unpaired) electrons. The van der Waals surface area contributed by atoms with Crippen LogP contribution in [0.2, 0.25) is 5.02 Å². The smallest absolute Gasteiger partial charge is 0.220 e. The van der Waals surface area contributed by atoms with Crippen molar-refractivity contribution < 1.29 is 4.79 Å². The Morgan fingerprint density at radius 1 is 1.43 bits per heavy atom. The van der Waals surface area contributed by atoms with Crippen molar-refractivity contribution in [3.05, 3.63) is 66.2 Å². The van der Waals surface area contributed by atoms with Gasteiger partial charge in [0.2, 0.25) is 5.91 Å². The molecule has 1 atom stereocenters. The summed E-state index contributed by atoms with van der Waals surface area (Å²) < 4.78 is 1.97. The van der Waals surface area contributed by atoms with Gasteiger partial charge in [-0.05, 0) is 24.1 Å². The molecule has 0 aliphatic carbocycles. The first-order chi connectivity index (χ1) is 10.2. The standard InChI is InChI=1S/C16H18ClN3O/c1-2-3-4-16(21)19-11-15(20-10-9-18-12-20)13-5-7-14(17)8-6-13/h2,5-10,12,15H,1,3-4,11H2,(H,19,21). The van der Waals surface area contributed by atoms with Crippen LogP contribution >= 0.6 is 11.6 Å². The van der Waals surface area contributed by atoms with Crippen LogP contribution in [0.3, 0.4) is 0 Å². The van der Waals surface area contributed by atoms with Gasteiger partial charge < -0.3 is 9.88 Å². The third-order valence-electron chi connectivity index (χ3n) is 3.21. The largest absolute Gasteiger partial charge is 0.354 e. The van der Waals surface area contributed by atoms with Crippen molar-refractivity contribution in [2.45, 2.75) is 18.9 Å². The molecule has 0 fully saturated rings. The van der Waals surface area contributed by atoms with E-state index in [-0.39, 0.29) is 11.9 Å². The number of amides is 1. The van der Waals surface area contributed by atoms with Gasteiger partial charge >= 0.3 is 0 Å². The molecule has 1 amide bonds. The highest BCUT2D eigenvalue weighted by molar-refractivity contribution is 6.30. The zero-order valence-corrected chi connectivity index (χ0v) is 12.5. The predicted octanol–water partition coefficient (Wildman–Crippen LogP) is 3.21. The van der Waals surface area contributed by atoms with Crippen LogP contribution in [-0.4, -0.2) is 22.0 Å². The second-order valence-corrected chi connectivity index (χ2v) is 5.15. The Balaban J connectivity index is 2.08. The number of hydrogen-bond acceptors (Lipinski definition) is 2. The second kappa shape index (κ2) is 7.64. The minimum absolute atomic E-state index is 0.00236. The molecule has 1 aromatic heterocycles. The highest BCUT2D eigenvalue weighted by Crippen LogP contribution is 2.20. The number of nitrogens with zero attached hydrogens (tertiary/aromatic N) is 2. The van der Waals surface area contributed by atoms with Gasteiger partial charge in [0.15, 0.2) is 0 Å². The Bertz CT molecular complexity index is 578. The molecule has 0 aliphatic heterocycles. The molecule has 0 spiro atoms. The van der Waals surface area contributed by atoms with Crippen molar-refractivity contribution >= 4 is 17.5 Å². The van der Waals surface area contributed by atoms with Crippen molar-refractivity contribution in [1.82, 2.24) is 14.9 Å². The molecule has 4 nitrogen and oxygen atoms in total. The summed E-state index contributed by atoms with van der Waals surface area (Å²) >= 11 is 5.93. The number of benzene rings is 1. The average molecular weight is 304 g/mol. The van der Waals surface area contributed by atoms with E-state index in [1.54, 1.807) is 18.6 Å². The lowest BCUT2D eigenvalue weighted by Crippen LogP contribution is -2.30. The molecule has 0 aliphatic rings. The van der Waals surface area contributed by atoms with Crippen LogP contribution in [0, 0.1) is 0 Å². The molecule has 1 N–H and O–H groups in total. The third kappa shape index (κ3) is 4.46. The van der Waals surface area contributed by atoms with E-state index in [1.165, 1.54) is 0 Å². The van der Waals surface area contributed by atoms with E-state index in [0.717, 1.165) is 5.56 Å². The SMILES string of the molecule is C=CCCC(=O)NCC(c1ccc(Cl)cc1)n1ccnc1. The maximum absolute atomic E-state index is 11.8. The van der Waals surface area contributed by atoms with Crippen LogP contribution < -0.4 is 5.32 Å². The summed E-state index contributed by atoms with van der Waals surface area (Å²) in [5.41, 5.74) is 1.07. The van der Waals surface area contributed by atoms with E-state index < -0.39 is 0 Å². The summed E-state index contributed by atoms with van der Waals surface area (Å²) in [6.45, 7) is 4.13. The summed E-state index contributed by atoms with van der Waals surface area (Å²) in [4.78, 5) is 15.8. The molecule has 21 heavy (non-hydrogen) atoms. The van der Waals surface area contributed by atoms with Gasteiger partial charge in [0, 0.05) is 30.4 Å². The second-order valence-electron chi connectivity index (χ2n) is 4.71. The maximum atomic E-state index is 11.8. The molecule has 2 rings (SSSR count). The van der Waals surface area contributed by atoms with Crippen LogP contribution in [0.5, 0.6) is 0 Å². The number of imidazole rings is 1. The van der Waals surface area contributed by atoms with E-state index in [9.17, 15) is 4.79 Å². The minimum Gasteiger partial charge on any atom is -0.354 e. The van der Waals surface area contributed by atoms with Crippen LogP contribution in [0.25, 0.3) is 0 Å². The van der Waals surface area contributed by atoms with Gasteiger partial charge in [-0.1, -0.05) is 29.8 Å². The average Bonchev–Trinajstić information content (AvgIpc) is 3.01. The van der Waals surface area contributed by atoms with Gasteiger partial charge in [-0.2, -0.15) is 0 Å². The fourth-order valence-electron chi connectivity index (χ4n) is 2.07. The summed E-state index contributed by atoms with van der Waals surface area (Å²) in [6.07, 6.45) is 8.24. The topological polar surface area (TPSA) is 46.9 Å². The van der Waals surface area contributed by atoms with E-state index in [4.69, 9.17) is 11.6 Å². The van der Waals surface area contributed by atoms with Crippen LogP contribution in [0.15, 0.2) is 55.6 Å². The molecule has 0 saturated heterocycles. The fraction of sp³-hybridized carbons (Fsp3) is 0.250. The summed E-state index contributed by atoms with van der Waals surface area (Å²) in [5, 5.41) is 3.64. The van der Waals surface area contributed by atoms with E-state index in [1.807, 2.05) is 35.0 Å². The summed E-state index contributed by atoms with van der Waals surface area (Å²) in [6, 6.07) is 7.62. The zero-order chi connectivity index (χ0) is 15.1. The molecular weight excluding hydrogens is 286 g/mol. The first-order valence-corrected chi connectivity index (χ1v) is 7.19. The first-order valence-electron chi connectivity index (χ1n) is 6.81. The molecule has 2 aromatic rings. The van der Waals surface area contributed by atoms with Gasteiger partial charge in [0.05, 0.1) is 12.4 Å². The van der Waals surface area contributed by atoms with Crippen LogP contribution in [0.1, 0.15) is 24.4 Å². The highest BCUT2D eigenvalue weighted by Gasteiger charge is 2.14. The van der Waals surface area contributed by atoms with E-state index in [0.29, 0.717) is 24.4 Å². The summed E-state index contributed by atoms with van der Waals surface area (Å²) in [7, 11) is 0. The third-order valence-corrected chi connectivity index (χ3v) is 3.46. The first kappa shape index (κ1) is 15.3. The van der Waals surface area contributed by atoms with E-state index >= 15 is 0 Å². The van der Waals surface area contributed by atoms with Crippen molar-refractivity contribution in [3.8, 4) is 0 Å². The number of hydrogen-bond donors (Lipinski definition) is 1. The molecule has 0 bridgehead atoms. The van der Waals surface area contributed by atoms with Crippen LogP contribution in [-0.2, 0) is 4.79 Å². The quantitative estimate of drug-likeness (QED) is 0.798. The molecule has 1 unspecified atom stereocenters. The Morgan fingerprint density at radius 3 is 2.81 bits per heavy atom. The van der Waals surface area contributed by atoms with Crippen LogP contribution in [0.4, 0.5) is 0 Å². The summed E-state index contributed by atoms with van der Waals surface area (Å²) in [5.74, 6) is 0.0222. The van der Waals surface area contributed by atoms with Gasteiger partial charge in [-0.25, -0.2) is 4.98 Å². The number of aromatic nitrogens is 2. The van der Waals surface area contributed by atoms with Gasteiger partial charge in [0.1, 0.15) is 0 Å². The Kier molecular flexibility index (Phi) is 5.58. The zero-order valence-electron chi connectivity index (χ0n) is 11.7. The van der Waals surface area contributed by atoms with Gasteiger partial charge in [-0.15, -0.1) is 6.58 Å². The molecule has 0 saturated carbocycles. The number of halogens is 1. The monoisotopic (exact) mass is 303 g/mol. The number of allylic oxidation sites excluding steroid dienone is 1. The minimum atomic E-state index is -0.00236.